The lowest BCUT2D eigenvalue weighted by molar-refractivity contribution is 0.0648. The summed E-state index contributed by atoms with van der Waals surface area (Å²) in [5, 5.41) is 18.9. The SMILES string of the molecule is CC(C)C1CC[C@@H](C)CC1c1cccc(C(=O)O)c1C(=O)O. The molecule has 0 heterocycles. The van der Waals surface area contributed by atoms with Crippen molar-refractivity contribution < 1.29 is 19.8 Å². The first-order chi connectivity index (χ1) is 10.3. The topological polar surface area (TPSA) is 74.6 Å². The van der Waals surface area contributed by atoms with Gasteiger partial charge in [0, 0.05) is 0 Å². The van der Waals surface area contributed by atoms with E-state index in [1.807, 2.05) is 0 Å². The molecule has 3 atom stereocenters. The fourth-order valence-electron chi connectivity index (χ4n) is 3.86. The molecule has 2 N–H and O–H groups in total. The smallest absolute Gasteiger partial charge is 0.336 e. The van der Waals surface area contributed by atoms with Gasteiger partial charge in [-0.15, -0.1) is 0 Å². The maximum Gasteiger partial charge on any atom is 0.336 e. The fraction of sp³-hybridized carbons (Fsp3) is 0.556. The van der Waals surface area contributed by atoms with E-state index in [4.69, 9.17) is 0 Å². The van der Waals surface area contributed by atoms with Crippen LogP contribution in [0.3, 0.4) is 0 Å². The summed E-state index contributed by atoms with van der Waals surface area (Å²) >= 11 is 0. The predicted molar refractivity (Wildman–Crippen MR) is 84.4 cm³/mol. The lowest BCUT2D eigenvalue weighted by Gasteiger charge is -2.38. The minimum atomic E-state index is -1.18. The molecule has 22 heavy (non-hydrogen) atoms. The number of aromatic carboxylic acids is 2. The number of carboxylic acids is 2. The van der Waals surface area contributed by atoms with Gasteiger partial charge in [0.05, 0.1) is 11.1 Å². The molecule has 120 valence electrons. The van der Waals surface area contributed by atoms with Crippen LogP contribution in [-0.4, -0.2) is 22.2 Å². The van der Waals surface area contributed by atoms with Crippen LogP contribution in [-0.2, 0) is 0 Å². The minimum absolute atomic E-state index is 0.0280. The van der Waals surface area contributed by atoms with Crippen LogP contribution in [0.25, 0.3) is 0 Å². The highest BCUT2D eigenvalue weighted by Gasteiger charge is 2.35. The number of hydrogen-bond donors (Lipinski definition) is 2. The summed E-state index contributed by atoms with van der Waals surface area (Å²) in [5.74, 6) is -0.812. The Hall–Kier alpha value is -1.84. The van der Waals surface area contributed by atoms with E-state index in [1.54, 1.807) is 12.1 Å². The van der Waals surface area contributed by atoms with Crippen molar-refractivity contribution in [2.24, 2.45) is 17.8 Å². The monoisotopic (exact) mass is 304 g/mol. The van der Waals surface area contributed by atoms with E-state index in [0.29, 0.717) is 23.3 Å². The van der Waals surface area contributed by atoms with E-state index < -0.39 is 11.9 Å². The van der Waals surface area contributed by atoms with Crippen LogP contribution in [0.5, 0.6) is 0 Å². The average Bonchev–Trinajstić information content (AvgIpc) is 2.45. The standard InChI is InChI=1S/C18H24O4/c1-10(2)12-8-7-11(3)9-15(12)13-5-4-6-14(17(19)20)16(13)18(21)22/h4-6,10-12,15H,7-9H2,1-3H3,(H,19,20)(H,21,22)/t11-,12?,15?/m1/s1. The van der Waals surface area contributed by atoms with Crippen molar-refractivity contribution in [1.29, 1.82) is 0 Å². The molecule has 1 aromatic carbocycles. The zero-order valence-electron chi connectivity index (χ0n) is 13.4. The molecule has 0 radical (unpaired) electrons. The molecule has 0 spiro atoms. The molecule has 2 unspecified atom stereocenters. The average molecular weight is 304 g/mol. The van der Waals surface area contributed by atoms with Gasteiger partial charge in [0.25, 0.3) is 0 Å². The Balaban J connectivity index is 2.56. The first-order valence-corrected chi connectivity index (χ1v) is 7.92. The molecule has 1 aromatic rings. The van der Waals surface area contributed by atoms with Crippen LogP contribution in [0.15, 0.2) is 18.2 Å². The van der Waals surface area contributed by atoms with Crippen LogP contribution in [0.2, 0.25) is 0 Å². The van der Waals surface area contributed by atoms with Gasteiger partial charge >= 0.3 is 11.9 Å². The normalized spacial score (nSPS) is 25.2. The van der Waals surface area contributed by atoms with Gasteiger partial charge in [0.1, 0.15) is 0 Å². The maximum absolute atomic E-state index is 11.7. The zero-order valence-corrected chi connectivity index (χ0v) is 13.4. The summed E-state index contributed by atoms with van der Waals surface area (Å²) in [6.07, 6.45) is 3.15. The second-order valence-corrected chi connectivity index (χ2v) is 6.81. The second kappa shape index (κ2) is 6.51. The van der Waals surface area contributed by atoms with Crippen molar-refractivity contribution in [3.8, 4) is 0 Å². The summed E-state index contributed by atoms with van der Waals surface area (Å²) in [7, 11) is 0. The molecule has 0 saturated heterocycles. The lowest BCUT2D eigenvalue weighted by atomic mass is 9.66. The van der Waals surface area contributed by atoms with Gasteiger partial charge in [-0.2, -0.15) is 0 Å². The van der Waals surface area contributed by atoms with Crippen LogP contribution in [0.4, 0.5) is 0 Å². The molecule has 1 aliphatic carbocycles. The number of rotatable bonds is 4. The highest BCUT2D eigenvalue weighted by Crippen LogP contribution is 2.45. The Labute approximate surface area is 131 Å². The fourth-order valence-corrected chi connectivity index (χ4v) is 3.86. The van der Waals surface area contributed by atoms with Crippen molar-refractivity contribution in [3.05, 3.63) is 34.9 Å². The quantitative estimate of drug-likeness (QED) is 0.871. The van der Waals surface area contributed by atoms with E-state index in [-0.39, 0.29) is 17.0 Å². The van der Waals surface area contributed by atoms with Gasteiger partial charge in [0.15, 0.2) is 0 Å². The predicted octanol–water partition coefficient (Wildman–Crippen LogP) is 4.26. The number of carbonyl (C=O) groups is 2. The van der Waals surface area contributed by atoms with Crippen LogP contribution < -0.4 is 0 Å². The van der Waals surface area contributed by atoms with E-state index in [9.17, 15) is 19.8 Å². The van der Waals surface area contributed by atoms with Crippen molar-refractivity contribution >= 4 is 11.9 Å². The molecule has 0 bridgehead atoms. The van der Waals surface area contributed by atoms with Crippen molar-refractivity contribution in [2.75, 3.05) is 0 Å². The first-order valence-electron chi connectivity index (χ1n) is 7.92. The third-order valence-electron chi connectivity index (χ3n) is 4.96. The van der Waals surface area contributed by atoms with Crippen molar-refractivity contribution in [1.82, 2.24) is 0 Å². The molecular formula is C18H24O4. The molecule has 4 heteroatoms. The van der Waals surface area contributed by atoms with Crippen molar-refractivity contribution in [3.63, 3.8) is 0 Å². The largest absolute Gasteiger partial charge is 0.478 e. The van der Waals surface area contributed by atoms with Crippen LogP contribution in [0, 0.1) is 17.8 Å². The highest BCUT2D eigenvalue weighted by atomic mass is 16.4. The molecule has 4 nitrogen and oxygen atoms in total. The van der Waals surface area contributed by atoms with E-state index in [2.05, 4.69) is 20.8 Å². The summed E-state index contributed by atoms with van der Waals surface area (Å²) < 4.78 is 0. The van der Waals surface area contributed by atoms with E-state index in [1.165, 1.54) is 6.07 Å². The second-order valence-electron chi connectivity index (χ2n) is 6.81. The number of benzene rings is 1. The molecule has 0 amide bonds. The van der Waals surface area contributed by atoms with Gasteiger partial charge in [-0.1, -0.05) is 39.3 Å². The van der Waals surface area contributed by atoms with Gasteiger partial charge in [-0.05, 0) is 48.1 Å². The molecular weight excluding hydrogens is 280 g/mol. The highest BCUT2D eigenvalue weighted by molar-refractivity contribution is 6.02. The minimum Gasteiger partial charge on any atom is -0.478 e. The molecule has 0 aliphatic heterocycles. The first kappa shape index (κ1) is 16.5. The third-order valence-corrected chi connectivity index (χ3v) is 4.96. The number of carboxylic acid groups (broad SMARTS) is 2. The molecule has 2 rings (SSSR count). The van der Waals surface area contributed by atoms with Gasteiger partial charge in [-0.25, -0.2) is 9.59 Å². The Morgan fingerprint density at radius 2 is 1.82 bits per heavy atom. The van der Waals surface area contributed by atoms with Crippen LogP contribution in [0.1, 0.15) is 72.2 Å². The summed E-state index contributed by atoms with van der Waals surface area (Å²) in [5.41, 5.74) is 0.558. The molecule has 1 saturated carbocycles. The molecule has 1 fully saturated rings. The zero-order chi connectivity index (χ0) is 16.4. The lowest BCUT2D eigenvalue weighted by Crippen LogP contribution is -2.28. The van der Waals surface area contributed by atoms with Gasteiger partial charge in [-0.3, -0.25) is 0 Å². The Kier molecular flexibility index (Phi) is 4.89. The summed E-state index contributed by atoms with van der Waals surface area (Å²) in [6.45, 7) is 6.51. The van der Waals surface area contributed by atoms with E-state index in [0.717, 1.165) is 19.3 Å². The Bertz CT molecular complexity index is 576. The third kappa shape index (κ3) is 3.16. The van der Waals surface area contributed by atoms with E-state index >= 15 is 0 Å². The van der Waals surface area contributed by atoms with Crippen molar-refractivity contribution in [2.45, 2.75) is 46.0 Å². The summed E-state index contributed by atoms with van der Waals surface area (Å²) in [6, 6.07) is 4.85. The Morgan fingerprint density at radius 1 is 1.14 bits per heavy atom. The van der Waals surface area contributed by atoms with Gasteiger partial charge in [0.2, 0.25) is 0 Å². The summed E-state index contributed by atoms with van der Waals surface area (Å²) in [4.78, 5) is 23.1. The Morgan fingerprint density at radius 3 is 2.36 bits per heavy atom. The van der Waals surface area contributed by atoms with Crippen LogP contribution >= 0.6 is 0 Å². The van der Waals surface area contributed by atoms with Gasteiger partial charge < -0.3 is 10.2 Å². The number of hydrogen-bond acceptors (Lipinski definition) is 2. The molecule has 0 aromatic heterocycles. The molecule has 1 aliphatic rings. The maximum atomic E-state index is 11.7.